The van der Waals surface area contributed by atoms with Crippen LogP contribution in [0.4, 0.5) is 0 Å². The number of pyridine rings is 4. The number of rotatable bonds is 4. The van der Waals surface area contributed by atoms with Crippen molar-refractivity contribution in [1.29, 1.82) is 0 Å². The predicted molar refractivity (Wildman–Crippen MR) is 183 cm³/mol. The maximum Gasteiger partial charge on any atom is 0.146 e. The molecule has 0 radical (unpaired) electrons. The third-order valence-corrected chi connectivity index (χ3v) is 8.48. The second-order valence-electron chi connectivity index (χ2n) is 11.1. The molecule has 5 nitrogen and oxygen atoms in total. The molecule has 0 atom stereocenters. The Morgan fingerprint density at radius 1 is 0.422 bits per heavy atom. The predicted octanol–water partition coefficient (Wildman–Crippen LogP) is 9.65. The Morgan fingerprint density at radius 2 is 1.02 bits per heavy atom. The van der Waals surface area contributed by atoms with Gasteiger partial charge in [-0.05, 0) is 93.5 Å². The number of aromatic nitrogens is 5. The van der Waals surface area contributed by atoms with Crippen molar-refractivity contribution in [3.05, 3.63) is 152 Å². The summed E-state index contributed by atoms with van der Waals surface area (Å²) in [6.45, 7) is 0. The van der Waals surface area contributed by atoms with Crippen molar-refractivity contribution in [2.45, 2.75) is 0 Å². The third kappa shape index (κ3) is 4.17. The molecule has 5 heteroatoms. The van der Waals surface area contributed by atoms with Crippen molar-refractivity contribution in [2.75, 3.05) is 0 Å². The lowest BCUT2D eigenvalue weighted by atomic mass is 9.91. The van der Waals surface area contributed by atoms with E-state index in [1.807, 2.05) is 42.5 Å². The average molecular weight is 576 g/mol. The van der Waals surface area contributed by atoms with Gasteiger partial charge in [-0.1, -0.05) is 78.9 Å². The summed E-state index contributed by atoms with van der Waals surface area (Å²) < 4.78 is 2.30. The molecule has 0 aliphatic heterocycles. The Morgan fingerprint density at radius 3 is 1.73 bits per heavy atom. The van der Waals surface area contributed by atoms with Gasteiger partial charge in [0.1, 0.15) is 5.65 Å². The van der Waals surface area contributed by atoms with Crippen LogP contribution in [0.3, 0.4) is 0 Å². The van der Waals surface area contributed by atoms with Gasteiger partial charge in [0.2, 0.25) is 0 Å². The summed E-state index contributed by atoms with van der Waals surface area (Å²) >= 11 is 0. The van der Waals surface area contributed by atoms with E-state index in [-0.39, 0.29) is 0 Å². The number of fused-ring (bicyclic) bond motifs is 6. The van der Waals surface area contributed by atoms with Crippen molar-refractivity contribution >= 4 is 38.4 Å². The number of nitrogens with zero attached hydrogens (tertiary/aromatic N) is 5. The Balaban J connectivity index is 1.31. The summed E-state index contributed by atoms with van der Waals surface area (Å²) in [6.07, 6.45) is 3.61. The lowest BCUT2D eigenvalue weighted by molar-refractivity contribution is 1.22. The second-order valence-corrected chi connectivity index (χ2v) is 11.1. The van der Waals surface area contributed by atoms with Gasteiger partial charge in [0.25, 0.3) is 0 Å². The molecule has 0 bridgehead atoms. The van der Waals surface area contributed by atoms with Crippen LogP contribution in [0.5, 0.6) is 0 Å². The van der Waals surface area contributed by atoms with E-state index in [0.29, 0.717) is 0 Å². The summed E-state index contributed by atoms with van der Waals surface area (Å²) in [5.74, 6) is 0. The largest absolute Gasteiger partial charge is 0.292 e. The van der Waals surface area contributed by atoms with Gasteiger partial charge in [0, 0.05) is 18.0 Å². The maximum atomic E-state index is 5.16. The lowest BCUT2D eigenvalue weighted by Gasteiger charge is -2.15. The van der Waals surface area contributed by atoms with Gasteiger partial charge in [0.15, 0.2) is 0 Å². The molecule has 9 aromatic rings. The van der Waals surface area contributed by atoms with Crippen molar-refractivity contribution in [1.82, 2.24) is 24.3 Å². The quantitative estimate of drug-likeness (QED) is 0.210. The van der Waals surface area contributed by atoms with E-state index in [4.69, 9.17) is 9.97 Å². The zero-order chi connectivity index (χ0) is 29.7. The van der Waals surface area contributed by atoms with Crippen LogP contribution in [0, 0.1) is 0 Å². The Labute approximate surface area is 259 Å². The molecule has 5 heterocycles. The van der Waals surface area contributed by atoms with Gasteiger partial charge in [-0.2, -0.15) is 0 Å². The van der Waals surface area contributed by atoms with E-state index in [0.717, 1.165) is 78.0 Å². The normalized spacial score (nSPS) is 11.6. The minimum atomic E-state index is 0.808. The third-order valence-electron chi connectivity index (χ3n) is 8.48. The molecule has 5 aromatic heterocycles. The van der Waals surface area contributed by atoms with Gasteiger partial charge >= 0.3 is 0 Å². The van der Waals surface area contributed by atoms with Crippen molar-refractivity contribution in [3.63, 3.8) is 0 Å². The monoisotopic (exact) mass is 575 g/mol. The molecule has 45 heavy (non-hydrogen) atoms. The van der Waals surface area contributed by atoms with E-state index in [2.05, 4.69) is 111 Å². The number of para-hydroxylation sites is 3. The fourth-order valence-corrected chi connectivity index (χ4v) is 6.44. The van der Waals surface area contributed by atoms with Crippen molar-refractivity contribution in [3.8, 4) is 45.0 Å². The van der Waals surface area contributed by atoms with E-state index in [1.54, 1.807) is 12.4 Å². The first-order chi connectivity index (χ1) is 22.3. The zero-order valence-electron chi connectivity index (χ0n) is 24.2. The Bertz CT molecular complexity index is 2480. The molecule has 9 rings (SSSR count). The molecule has 0 saturated heterocycles. The van der Waals surface area contributed by atoms with Gasteiger partial charge in [-0.25, -0.2) is 9.97 Å². The van der Waals surface area contributed by atoms with Crippen LogP contribution in [0.25, 0.3) is 83.4 Å². The SMILES string of the molecule is c1ccc(-c2cc(-c3ccc(-c4cc5ccccc5n5c4nc4ccccc45)c4ccccc34)cc(-c3ccccn3)n2)nc1. The minimum absolute atomic E-state index is 0.808. The first kappa shape index (κ1) is 25.3. The molecule has 4 aromatic carbocycles. The summed E-state index contributed by atoms with van der Waals surface area (Å²) in [7, 11) is 0. The van der Waals surface area contributed by atoms with Crippen LogP contribution >= 0.6 is 0 Å². The van der Waals surface area contributed by atoms with E-state index in [1.165, 1.54) is 5.39 Å². The Kier molecular flexibility index (Phi) is 5.74. The average Bonchev–Trinajstić information content (AvgIpc) is 3.52. The number of hydrogen-bond donors (Lipinski definition) is 0. The van der Waals surface area contributed by atoms with Crippen LogP contribution in [0.1, 0.15) is 0 Å². The highest BCUT2D eigenvalue weighted by molar-refractivity contribution is 6.09. The standard InChI is InChI=1S/C40H25N5/c1-5-17-38-26(11-1)23-32(40-44-35-16-4-6-18-39(35)45(38)40)31-20-19-28(29-12-2-3-13-30(29)31)27-24-36(33-14-7-9-21-41-33)43-37(25-27)34-15-8-10-22-42-34/h1-25H. The lowest BCUT2D eigenvalue weighted by Crippen LogP contribution is -1.95. The van der Waals surface area contributed by atoms with Gasteiger partial charge < -0.3 is 0 Å². The first-order valence-corrected chi connectivity index (χ1v) is 15.0. The van der Waals surface area contributed by atoms with Crippen LogP contribution in [0.2, 0.25) is 0 Å². The molecular formula is C40H25N5. The summed E-state index contributed by atoms with van der Waals surface area (Å²) in [6, 6.07) is 48.4. The molecule has 0 spiro atoms. The van der Waals surface area contributed by atoms with Gasteiger partial charge in [-0.15, -0.1) is 0 Å². The molecule has 0 saturated carbocycles. The van der Waals surface area contributed by atoms with Gasteiger partial charge in [-0.3, -0.25) is 14.4 Å². The van der Waals surface area contributed by atoms with Crippen molar-refractivity contribution < 1.29 is 0 Å². The fraction of sp³-hybridized carbons (Fsp3) is 0. The highest BCUT2D eigenvalue weighted by Gasteiger charge is 2.18. The summed E-state index contributed by atoms with van der Waals surface area (Å²) in [5, 5.41) is 3.49. The molecule has 0 aliphatic rings. The van der Waals surface area contributed by atoms with Crippen molar-refractivity contribution in [2.24, 2.45) is 0 Å². The van der Waals surface area contributed by atoms with Crippen LogP contribution in [-0.2, 0) is 0 Å². The number of benzene rings is 4. The molecule has 0 aliphatic carbocycles. The molecule has 0 N–H and O–H groups in total. The first-order valence-electron chi connectivity index (χ1n) is 15.0. The molecule has 0 amide bonds. The summed E-state index contributed by atoms with van der Waals surface area (Å²) in [4.78, 5) is 19.4. The van der Waals surface area contributed by atoms with Gasteiger partial charge in [0.05, 0.1) is 39.3 Å². The molecular weight excluding hydrogens is 550 g/mol. The number of hydrogen-bond acceptors (Lipinski definition) is 4. The topological polar surface area (TPSA) is 56.0 Å². The highest BCUT2D eigenvalue weighted by atomic mass is 15.0. The van der Waals surface area contributed by atoms with Crippen LogP contribution < -0.4 is 0 Å². The van der Waals surface area contributed by atoms with E-state index >= 15 is 0 Å². The minimum Gasteiger partial charge on any atom is -0.292 e. The number of imidazole rings is 1. The zero-order valence-corrected chi connectivity index (χ0v) is 24.2. The second kappa shape index (κ2) is 10.2. The van der Waals surface area contributed by atoms with Crippen LogP contribution in [0.15, 0.2) is 152 Å². The van der Waals surface area contributed by atoms with Crippen LogP contribution in [-0.4, -0.2) is 24.3 Å². The Hall–Kier alpha value is -6.20. The molecule has 0 fully saturated rings. The van der Waals surface area contributed by atoms with E-state index < -0.39 is 0 Å². The fourth-order valence-electron chi connectivity index (χ4n) is 6.44. The molecule has 210 valence electrons. The summed E-state index contributed by atoms with van der Waals surface area (Å²) in [5.41, 5.74) is 11.9. The maximum absolute atomic E-state index is 5.16. The smallest absolute Gasteiger partial charge is 0.146 e. The molecule has 0 unspecified atom stereocenters. The highest BCUT2D eigenvalue weighted by Crippen LogP contribution is 2.40. The van der Waals surface area contributed by atoms with E-state index in [9.17, 15) is 0 Å².